The molecule has 2 aromatic rings. The first-order valence-electron chi connectivity index (χ1n) is 7.82. The molecule has 0 spiro atoms. The summed E-state index contributed by atoms with van der Waals surface area (Å²) in [4.78, 5) is 18.8. The van der Waals surface area contributed by atoms with E-state index in [1.165, 1.54) is 5.56 Å². The summed E-state index contributed by atoms with van der Waals surface area (Å²) < 4.78 is 7.59. The minimum atomic E-state index is -0.0575. The molecule has 122 valence electrons. The first-order valence-corrected chi connectivity index (χ1v) is 7.82. The number of ether oxygens (including phenoxy) is 1. The van der Waals surface area contributed by atoms with Gasteiger partial charge in [-0.15, -0.1) is 0 Å². The second-order valence-corrected chi connectivity index (χ2v) is 5.81. The molecule has 1 unspecified atom stereocenters. The normalized spacial score (nSPS) is 18.0. The van der Waals surface area contributed by atoms with Crippen LogP contribution in [0.5, 0.6) is 5.75 Å². The summed E-state index contributed by atoms with van der Waals surface area (Å²) in [7, 11) is 1.95. The lowest BCUT2D eigenvalue weighted by Crippen LogP contribution is -2.50. The number of rotatable bonds is 4. The molecule has 0 radical (unpaired) electrons. The molecule has 1 N–H and O–H groups in total. The van der Waals surface area contributed by atoms with E-state index in [9.17, 15) is 4.79 Å². The van der Waals surface area contributed by atoms with Crippen molar-refractivity contribution < 1.29 is 9.53 Å². The molecule has 1 fully saturated rings. The van der Waals surface area contributed by atoms with E-state index in [2.05, 4.69) is 10.3 Å². The van der Waals surface area contributed by atoms with E-state index in [4.69, 9.17) is 4.74 Å². The van der Waals surface area contributed by atoms with Crippen LogP contribution in [0.15, 0.2) is 36.7 Å². The molecule has 6 nitrogen and oxygen atoms in total. The Balaban J connectivity index is 1.66. The highest BCUT2D eigenvalue weighted by atomic mass is 16.5. The fraction of sp³-hybridized carbons (Fsp3) is 0.412. The van der Waals surface area contributed by atoms with E-state index in [0.717, 1.165) is 12.4 Å². The molecule has 1 aromatic carbocycles. The van der Waals surface area contributed by atoms with Gasteiger partial charge >= 0.3 is 0 Å². The number of hydrogen-bond acceptors (Lipinski definition) is 4. The minimum Gasteiger partial charge on any atom is -0.484 e. The maximum absolute atomic E-state index is 12.6. The van der Waals surface area contributed by atoms with Gasteiger partial charge in [-0.05, 0) is 19.1 Å². The number of hydrogen-bond donors (Lipinski definition) is 1. The van der Waals surface area contributed by atoms with E-state index >= 15 is 0 Å². The summed E-state index contributed by atoms with van der Waals surface area (Å²) in [5.41, 5.74) is 1.17. The minimum absolute atomic E-state index is 0.0138. The molecule has 6 heteroatoms. The van der Waals surface area contributed by atoms with E-state index in [1.807, 2.05) is 53.9 Å². The Hall–Kier alpha value is -2.34. The first kappa shape index (κ1) is 15.6. The Morgan fingerprint density at radius 1 is 1.39 bits per heavy atom. The predicted molar refractivity (Wildman–Crippen MR) is 87.2 cm³/mol. The summed E-state index contributed by atoms with van der Waals surface area (Å²) >= 11 is 0. The smallest absolute Gasteiger partial charge is 0.261 e. The van der Waals surface area contributed by atoms with Gasteiger partial charge in [-0.2, -0.15) is 0 Å². The molecular weight excluding hydrogens is 292 g/mol. The lowest BCUT2D eigenvalue weighted by Gasteiger charge is -2.35. The van der Waals surface area contributed by atoms with Gasteiger partial charge in [0.1, 0.15) is 17.6 Å². The Bertz CT molecular complexity index is 665. The zero-order chi connectivity index (χ0) is 16.2. The van der Waals surface area contributed by atoms with Crippen LogP contribution in [-0.2, 0) is 11.8 Å². The third kappa shape index (κ3) is 3.53. The molecule has 23 heavy (non-hydrogen) atoms. The third-order valence-corrected chi connectivity index (χ3v) is 4.10. The monoisotopic (exact) mass is 314 g/mol. The van der Waals surface area contributed by atoms with Gasteiger partial charge in [-0.1, -0.05) is 17.7 Å². The van der Waals surface area contributed by atoms with Crippen molar-refractivity contribution in [2.24, 2.45) is 7.05 Å². The number of carbonyl (C=O) groups is 1. The molecule has 1 atom stereocenters. The molecule has 0 saturated carbocycles. The van der Waals surface area contributed by atoms with E-state index in [1.54, 1.807) is 6.20 Å². The Morgan fingerprint density at radius 3 is 2.87 bits per heavy atom. The highest BCUT2D eigenvalue weighted by molar-refractivity contribution is 5.78. The van der Waals surface area contributed by atoms with Gasteiger partial charge in [0.25, 0.3) is 5.91 Å². The zero-order valence-electron chi connectivity index (χ0n) is 13.5. The number of nitrogens with zero attached hydrogens (tertiary/aromatic N) is 3. The van der Waals surface area contributed by atoms with E-state index in [0.29, 0.717) is 18.8 Å². The van der Waals surface area contributed by atoms with Crippen LogP contribution in [0, 0.1) is 6.92 Å². The van der Waals surface area contributed by atoms with Gasteiger partial charge in [0.05, 0.1) is 0 Å². The number of benzene rings is 1. The van der Waals surface area contributed by atoms with Crippen LogP contribution in [0.1, 0.15) is 17.4 Å². The molecule has 1 saturated heterocycles. The molecule has 1 amide bonds. The van der Waals surface area contributed by atoms with Crippen molar-refractivity contribution in [3.63, 3.8) is 0 Å². The van der Waals surface area contributed by atoms with Crippen LogP contribution >= 0.6 is 0 Å². The van der Waals surface area contributed by atoms with Gasteiger partial charge in [-0.3, -0.25) is 4.79 Å². The average molecular weight is 314 g/mol. The number of amides is 1. The van der Waals surface area contributed by atoms with Gasteiger partial charge < -0.3 is 19.5 Å². The Morgan fingerprint density at radius 2 is 2.17 bits per heavy atom. The van der Waals surface area contributed by atoms with E-state index in [-0.39, 0.29) is 18.6 Å². The second kappa shape index (κ2) is 6.83. The Kier molecular flexibility index (Phi) is 4.62. The molecule has 1 aromatic heterocycles. The van der Waals surface area contributed by atoms with Crippen molar-refractivity contribution in [1.29, 1.82) is 0 Å². The first-order chi connectivity index (χ1) is 11.1. The SMILES string of the molecule is Cc1ccc(OCC(=O)N2CCNCC2c2nccn2C)cc1. The molecule has 2 heterocycles. The van der Waals surface area contributed by atoms with Gasteiger partial charge in [-0.25, -0.2) is 4.98 Å². The third-order valence-electron chi connectivity index (χ3n) is 4.10. The average Bonchev–Trinajstić information content (AvgIpc) is 3.00. The van der Waals surface area contributed by atoms with Gasteiger partial charge in [0.15, 0.2) is 6.61 Å². The van der Waals surface area contributed by atoms with Crippen molar-refractivity contribution in [3.05, 3.63) is 48.0 Å². The van der Waals surface area contributed by atoms with Crippen LogP contribution in [0.25, 0.3) is 0 Å². The van der Waals surface area contributed by atoms with Crippen LogP contribution < -0.4 is 10.1 Å². The maximum atomic E-state index is 12.6. The van der Waals surface area contributed by atoms with Crippen LogP contribution in [0.4, 0.5) is 0 Å². The number of nitrogens with one attached hydrogen (secondary N) is 1. The van der Waals surface area contributed by atoms with Crippen molar-refractivity contribution in [2.45, 2.75) is 13.0 Å². The molecule has 1 aliphatic rings. The summed E-state index contributed by atoms with van der Waals surface area (Å²) in [6, 6.07) is 7.66. The molecule has 0 bridgehead atoms. The number of aryl methyl sites for hydroxylation is 2. The highest BCUT2D eigenvalue weighted by Gasteiger charge is 2.30. The number of imidazole rings is 1. The quantitative estimate of drug-likeness (QED) is 0.923. The van der Waals surface area contributed by atoms with Crippen molar-refractivity contribution in [3.8, 4) is 5.75 Å². The zero-order valence-corrected chi connectivity index (χ0v) is 13.5. The summed E-state index contributed by atoms with van der Waals surface area (Å²) in [6.07, 6.45) is 3.66. The second-order valence-electron chi connectivity index (χ2n) is 5.81. The molecule has 3 rings (SSSR count). The molecule has 0 aliphatic carbocycles. The van der Waals surface area contributed by atoms with Crippen LogP contribution in [0.2, 0.25) is 0 Å². The lowest BCUT2D eigenvalue weighted by atomic mass is 10.1. The van der Waals surface area contributed by atoms with Crippen molar-refractivity contribution in [2.75, 3.05) is 26.2 Å². The standard InChI is InChI=1S/C17H22N4O2/c1-13-3-5-14(6-4-13)23-12-16(22)21-10-7-18-11-15(21)17-19-8-9-20(17)2/h3-6,8-9,15,18H,7,10-12H2,1-2H3. The summed E-state index contributed by atoms with van der Waals surface area (Å²) in [5, 5.41) is 3.33. The fourth-order valence-corrected chi connectivity index (χ4v) is 2.79. The van der Waals surface area contributed by atoms with Crippen LogP contribution in [-0.4, -0.2) is 46.6 Å². The van der Waals surface area contributed by atoms with Gasteiger partial charge in [0, 0.05) is 39.1 Å². The van der Waals surface area contributed by atoms with Crippen LogP contribution in [0.3, 0.4) is 0 Å². The van der Waals surface area contributed by atoms with Crippen molar-refractivity contribution >= 4 is 5.91 Å². The summed E-state index contributed by atoms with van der Waals surface area (Å²) in [6.45, 7) is 4.23. The van der Waals surface area contributed by atoms with Crippen molar-refractivity contribution in [1.82, 2.24) is 19.8 Å². The maximum Gasteiger partial charge on any atom is 0.261 e. The molecular formula is C17H22N4O2. The van der Waals surface area contributed by atoms with E-state index < -0.39 is 0 Å². The predicted octanol–water partition coefficient (Wildman–Crippen LogP) is 1.28. The topological polar surface area (TPSA) is 59.4 Å². The number of piperazine rings is 1. The largest absolute Gasteiger partial charge is 0.484 e. The van der Waals surface area contributed by atoms with Gasteiger partial charge in [0.2, 0.25) is 0 Å². The fourth-order valence-electron chi connectivity index (χ4n) is 2.79. The molecule has 1 aliphatic heterocycles. The highest BCUT2D eigenvalue weighted by Crippen LogP contribution is 2.21. The lowest BCUT2D eigenvalue weighted by molar-refractivity contribution is -0.137. The Labute approximate surface area is 136 Å². The number of aromatic nitrogens is 2. The summed E-state index contributed by atoms with van der Waals surface area (Å²) in [5.74, 6) is 1.59. The number of carbonyl (C=O) groups excluding carboxylic acids is 1.